The predicted octanol–water partition coefficient (Wildman–Crippen LogP) is 13.7. The smallest absolute Gasteiger partial charge is 0.0972 e. The van der Waals surface area contributed by atoms with Gasteiger partial charge in [-0.3, -0.25) is 4.98 Å². The predicted molar refractivity (Wildman–Crippen MR) is 225 cm³/mol. The van der Waals surface area contributed by atoms with Crippen LogP contribution in [-0.2, 0) is 5.41 Å². The summed E-state index contributed by atoms with van der Waals surface area (Å²) in [5.74, 6) is 0. The van der Waals surface area contributed by atoms with Gasteiger partial charge in [0.05, 0.1) is 16.7 Å². The van der Waals surface area contributed by atoms with Gasteiger partial charge in [0, 0.05) is 27.9 Å². The SMILES string of the molecule is CC1(C)c2cc3c4ccccc4c4ccccc4c3cc2-c2cc3c4ccccc4c4cc(-c5ccc6ccc7cccnc7c6n5)ccc4c3cc21. The van der Waals surface area contributed by atoms with Crippen molar-refractivity contribution < 1.29 is 0 Å². The first-order valence-corrected chi connectivity index (χ1v) is 18.5. The van der Waals surface area contributed by atoms with Crippen LogP contribution in [0.5, 0.6) is 0 Å². The lowest BCUT2D eigenvalue weighted by molar-refractivity contribution is 0.662. The van der Waals surface area contributed by atoms with E-state index in [4.69, 9.17) is 9.97 Å². The zero-order valence-corrected chi connectivity index (χ0v) is 29.4. The van der Waals surface area contributed by atoms with Gasteiger partial charge in [-0.25, -0.2) is 4.98 Å². The van der Waals surface area contributed by atoms with Gasteiger partial charge >= 0.3 is 0 Å². The van der Waals surface area contributed by atoms with Crippen molar-refractivity contribution in [2.75, 3.05) is 0 Å². The van der Waals surface area contributed by atoms with Crippen LogP contribution in [0.25, 0.3) is 109 Å². The van der Waals surface area contributed by atoms with Crippen LogP contribution < -0.4 is 0 Å². The quantitative estimate of drug-likeness (QED) is 0.162. The Morgan fingerprint density at radius 3 is 1.40 bits per heavy atom. The molecule has 53 heavy (non-hydrogen) atoms. The normalized spacial score (nSPS) is 13.6. The van der Waals surface area contributed by atoms with Crippen molar-refractivity contribution >= 4 is 86.4 Å². The van der Waals surface area contributed by atoms with E-state index in [2.05, 4.69) is 159 Å². The van der Waals surface area contributed by atoms with Gasteiger partial charge in [0.2, 0.25) is 0 Å². The average Bonchev–Trinajstić information content (AvgIpc) is 3.43. The van der Waals surface area contributed by atoms with Crippen LogP contribution in [0.15, 0.2) is 158 Å². The summed E-state index contributed by atoms with van der Waals surface area (Å²) >= 11 is 0. The number of nitrogens with zero attached hydrogens (tertiary/aromatic N) is 2. The Bertz CT molecular complexity index is 3430. The summed E-state index contributed by atoms with van der Waals surface area (Å²) in [6.45, 7) is 4.81. The first-order chi connectivity index (χ1) is 26.0. The van der Waals surface area contributed by atoms with Crippen molar-refractivity contribution in [2.24, 2.45) is 0 Å². The second-order valence-electron chi connectivity index (χ2n) is 15.3. The molecule has 246 valence electrons. The molecule has 0 saturated carbocycles. The number of rotatable bonds is 1. The molecule has 0 radical (unpaired) electrons. The summed E-state index contributed by atoms with van der Waals surface area (Å²) in [6.07, 6.45) is 1.85. The summed E-state index contributed by atoms with van der Waals surface area (Å²) in [5, 5.41) is 17.8. The fourth-order valence-corrected chi connectivity index (χ4v) is 9.62. The summed E-state index contributed by atoms with van der Waals surface area (Å²) in [7, 11) is 0. The van der Waals surface area contributed by atoms with Gasteiger partial charge in [-0.05, 0) is 129 Å². The molecule has 0 saturated heterocycles. The van der Waals surface area contributed by atoms with Gasteiger partial charge in [-0.2, -0.15) is 0 Å². The zero-order valence-electron chi connectivity index (χ0n) is 29.4. The maximum atomic E-state index is 5.21. The van der Waals surface area contributed by atoms with Gasteiger partial charge in [0.25, 0.3) is 0 Å². The summed E-state index contributed by atoms with van der Waals surface area (Å²) in [4.78, 5) is 9.91. The van der Waals surface area contributed by atoms with Crippen molar-refractivity contribution in [3.05, 3.63) is 169 Å². The van der Waals surface area contributed by atoms with Gasteiger partial charge < -0.3 is 0 Å². The molecule has 12 rings (SSSR count). The van der Waals surface area contributed by atoms with Crippen LogP contribution in [0.4, 0.5) is 0 Å². The van der Waals surface area contributed by atoms with Crippen LogP contribution in [0.1, 0.15) is 25.0 Å². The third-order valence-electron chi connectivity index (χ3n) is 12.2. The lowest BCUT2D eigenvalue weighted by Crippen LogP contribution is -2.15. The molecule has 11 aromatic rings. The maximum Gasteiger partial charge on any atom is 0.0972 e. The minimum absolute atomic E-state index is 0.163. The van der Waals surface area contributed by atoms with E-state index in [1.165, 1.54) is 86.9 Å². The third-order valence-corrected chi connectivity index (χ3v) is 12.2. The lowest BCUT2D eigenvalue weighted by atomic mass is 9.80. The van der Waals surface area contributed by atoms with Crippen LogP contribution in [0.2, 0.25) is 0 Å². The van der Waals surface area contributed by atoms with E-state index in [1.807, 2.05) is 12.3 Å². The molecule has 2 aromatic heterocycles. The molecular weight excluding hydrogens is 641 g/mol. The molecule has 2 nitrogen and oxygen atoms in total. The first-order valence-electron chi connectivity index (χ1n) is 18.5. The largest absolute Gasteiger partial charge is 0.254 e. The maximum absolute atomic E-state index is 5.21. The van der Waals surface area contributed by atoms with E-state index in [1.54, 1.807) is 0 Å². The Morgan fingerprint density at radius 2 is 0.830 bits per heavy atom. The second kappa shape index (κ2) is 10.2. The Labute approximate surface area is 306 Å². The van der Waals surface area contributed by atoms with E-state index in [-0.39, 0.29) is 5.41 Å². The summed E-state index contributed by atoms with van der Waals surface area (Å²) < 4.78 is 0. The van der Waals surface area contributed by atoms with E-state index < -0.39 is 0 Å². The molecule has 0 amide bonds. The van der Waals surface area contributed by atoms with Gasteiger partial charge in [0.1, 0.15) is 0 Å². The Kier molecular flexibility index (Phi) is 5.60. The molecule has 0 N–H and O–H groups in total. The third kappa shape index (κ3) is 3.87. The topological polar surface area (TPSA) is 25.8 Å². The molecule has 0 bridgehead atoms. The van der Waals surface area contributed by atoms with Crippen molar-refractivity contribution in [1.29, 1.82) is 0 Å². The molecular formula is C51H32N2. The molecule has 2 heterocycles. The average molecular weight is 673 g/mol. The minimum Gasteiger partial charge on any atom is -0.254 e. The van der Waals surface area contributed by atoms with E-state index >= 15 is 0 Å². The van der Waals surface area contributed by atoms with Crippen LogP contribution >= 0.6 is 0 Å². The van der Waals surface area contributed by atoms with E-state index in [0.717, 1.165) is 33.1 Å². The highest BCUT2D eigenvalue weighted by Gasteiger charge is 2.37. The number of aromatic nitrogens is 2. The first kappa shape index (κ1) is 29.0. The number of pyridine rings is 2. The van der Waals surface area contributed by atoms with Crippen molar-refractivity contribution in [2.45, 2.75) is 19.3 Å². The molecule has 2 heteroatoms. The molecule has 0 atom stereocenters. The minimum atomic E-state index is -0.163. The molecule has 9 aromatic carbocycles. The van der Waals surface area contributed by atoms with Gasteiger partial charge in [0.15, 0.2) is 0 Å². The highest BCUT2D eigenvalue weighted by atomic mass is 14.7. The van der Waals surface area contributed by atoms with Crippen LogP contribution in [0, 0.1) is 0 Å². The van der Waals surface area contributed by atoms with Crippen molar-refractivity contribution in [1.82, 2.24) is 9.97 Å². The molecule has 0 spiro atoms. The highest BCUT2D eigenvalue weighted by Crippen LogP contribution is 2.53. The monoisotopic (exact) mass is 672 g/mol. The number of benzene rings is 9. The number of fused-ring (bicyclic) bond motifs is 18. The Morgan fingerprint density at radius 1 is 0.377 bits per heavy atom. The number of hydrogen-bond donors (Lipinski definition) is 0. The van der Waals surface area contributed by atoms with E-state index in [0.29, 0.717) is 0 Å². The van der Waals surface area contributed by atoms with Crippen molar-refractivity contribution in [3.63, 3.8) is 0 Å². The van der Waals surface area contributed by atoms with Crippen LogP contribution in [0.3, 0.4) is 0 Å². The molecule has 0 unspecified atom stereocenters. The molecule has 1 aliphatic rings. The molecule has 0 aliphatic heterocycles. The molecule has 1 aliphatic carbocycles. The standard InChI is InChI=1S/C51H32N2/c1-51(2)46-27-42-35-14-6-4-12-33(35)32-11-3-5-13-34(32)40(42)25-44(46)45-26-41-37-16-8-7-15-36(37)39-24-31(19-21-38(39)43(41)28-47(45)51)48-22-20-30-18-17-29-10-9-23-52-49(29)50(30)53-48/h3-28H,1-2H3. The fourth-order valence-electron chi connectivity index (χ4n) is 9.62. The van der Waals surface area contributed by atoms with E-state index in [9.17, 15) is 0 Å². The zero-order chi connectivity index (χ0) is 35.0. The van der Waals surface area contributed by atoms with Gasteiger partial charge in [-0.1, -0.05) is 123 Å². The summed E-state index contributed by atoms with van der Waals surface area (Å²) in [5.41, 5.74) is 9.27. The highest BCUT2D eigenvalue weighted by molar-refractivity contribution is 6.28. The summed E-state index contributed by atoms with van der Waals surface area (Å²) in [6, 6.07) is 56.3. The van der Waals surface area contributed by atoms with Crippen molar-refractivity contribution in [3.8, 4) is 22.4 Å². The number of hydrogen-bond acceptors (Lipinski definition) is 2. The fraction of sp³-hybridized carbons (Fsp3) is 0.0588. The Balaban J connectivity index is 1.12. The molecule has 0 fully saturated rings. The Hall–Kier alpha value is -6.64. The van der Waals surface area contributed by atoms with Gasteiger partial charge in [-0.15, -0.1) is 0 Å². The second-order valence-corrected chi connectivity index (χ2v) is 15.3. The van der Waals surface area contributed by atoms with Crippen LogP contribution in [-0.4, -0.2) is 9.97 Å². The lowest BCUT2D eigenvalue weighted by Gasteiger charge is -2.23.